The van der Waals surface area contributed by atoms with E-state index in [2.05, 4.69) is 34.9 Å². The summed E-state index contributed by atoms with van der Waals surface area (Å²) in [6.45, 7) is 13.5. The molecule has 3 rings (SSSR count). The van der Waals surface area contributed by atoms with Crippen LogP contribution in [0.2, 0.25) is 0 Å². The summed E-state index contributed by atoms with van der Waals surface area (Å²) >= 11 is 0. The number of fused-ring (bicyclic) bond motifs is 2. The molecule has 4 nitrogen and oxygen atoms in total. The lowest BCUT2D eigenvalue weighted by molar-refractivity contribution is 0.0606. The Morgan fingerprint density at radius 1 is 1.13 bits per heavy atom. The van der Waals surface area contributed by atoms with Gasteiger partial charge in [-0.2, -0.15) is 0 Å². The Morgan fingerprint density at radius 2 is 1.96 bits per heavy atom. The van der Waals surface area contributed by atoms with Crippen molar-refractivity contribution < 1.29 is 9.47 Å². The molecule has 0 radical (unpaired) electrons. The first-order valence-corrected chi connectivity index (χ1v) is 8.96. The van der Waals surface area contributed by atoms with Crippen LogP contribution < -0.4 is 9.64 Å². The van der Waals surface area contributed by atoms with E-state index in [0.29, 0.717) is 5.92 Å². The van der Waals surface area contributed by atoms with E-state index in [1.165, 1.54) is 24.3 Å². The van der Waals surface area contributed by atoms with Gasteiger partial charge in [-0.1, -0.05) is 19.9 Å². The van der Waals surface area contributed by atoms with E-state index in [1.807, 2.05) is 13.8 Å². The average molecular weight is 320 g/mol. The zero-order chi connectivity index (χ0) is 16.7. The monoisotopic (exact) mass is 320 g/mol. The minimum atomic E-state index is 0.597. The highest BCUT2D eigenvalue weighted by atomic mass is 16.5. The van der Waals surface area contributed by atoms with Crippen molar-refractivity contribution in [3.05, 3.63) is 23.8 Å². The number of benzene rings is 1. The number of methoxy groups -OCH3 is 1. The Bertz CT molecular complexity index is 478. The van der Waals surface area contributed by atoms with Crippen LogP contribution in [0, 0.1) is 12.8 Å². The summed E-state index contributed by atoms with van der Waals surface area (Å²) in [6, 6.07) is 6.54. The van der Waals surface area contributed by atoms with Crippen LogP contribution in [0.5, 0.6) is 5.75 Å². The number of rotatable bonds is 2. The van der Waals surface area contributed by atoms with Gasteiger partial charge in [-0.05, 0) is 25.0 Å². The maximum Gasteiger partial charge on any atom is 0.123 e. The molecule has 2 heterocycles. The summed E-state index contributed by atoms with van der Waals surface area (Å²) in [5.41, 5.74) is 2.46. The fourth-order valence-electron chi connectivity index (χ4n) is 3.37. The number of ether oxygens (including phenoxy) is 2. The molecule has 2 fully saturated rings. The molecule has 2 bridgehead atoms. The molecule has 130 valence electrons. The third kappa shape index (κ3) is 4.85. The minimum Gasteiger partial charge on any atom is -0.496 e. The van der Waals surface area contributed by atoms with E-state index in [1.54, 1.807) is 7.11 Å². The van der Waals surface area contributed by atoms with Crippen molar-refractivity contribution in [3.63, 3.8) is 0 Å². The summed E-state index contributed by atoms with van der Waals surface area (Å²) in [6.07, 6.45) is 1.16. The van der Waals surface area contributed by atoms with Crippen LogP contribution in [0.15, 0.2) is 18.2 Å². The highest BCUT2D eigenvalue weighted by Crippen LogP contribution is 2.27. The SMILES string of the molecule is CC.COc1cc(N2CCN3CCCOC[C@@H](C3)C2)ccc1C. The molecule has 0 spiro atoms. The van der Waals surface area contributed by atoms with Gasteiger partial charge in [0, 0.05) is 57.0 Å². The Balaban J connectivity index is 0.000000924. The highest BCUT2D eigenvalue weighted by Gasteiger charge is 2.24. The smallest absolute Gasteiger partial charge is 0.123 e. The van der Waals surface area contributed by atoms with Crippen molar-refractivity contribution >= 4 is 5.69 Å². The first-order valence-electron chi connectivity index (χ1n) is 8.96. The van der Waals surface area contributed by atoms with Crippen molar-refractivity contribution in [1.82, 2.24) is 4.90 Å². The van der Waals surface area contributed by atoms with Gasteiger partial charge in [0.2, 0.25) is 0 Å². The molecule has 2 saturated heterocycles. The van der Waals surface area contributed by atoms with E-state index >= 15 is 0 Å². The first-order chi connectivity index (χ1) is 11.3. The van der Waals surface area contributed by atoms with Crippen molar-refractivity contribution in [2.45, 2.75) is 27.2 Å². The topological polar surface area (TPSA) is 24.9 Å². The lowest BCUT2D eigenvalue weighted by Gasteiger charge is -2.27. The normalized spacial score (nSPS) is 24.6. The molecule has 0 aromatic heterocycles. The number of hydrogen-bond acceptors (Lipinski definition) is 4. The van der Waals surface area contributed by atoms with Crippen LogP contribution in [0.1, 0.15) is 25.8 Å². The fraction of sp³-hybridized carbons (Fsp3) is 0.684. The van der Waals surface area contributed by atoms with Crippen molar-refractivity contribution in [1.29, 1.82) is 0 Å². The van der Waals surface area contributed by atoms with E-state index < -0.39 is 0 Å². The summed E-state index contributed by atoms with van der Waals surface area (Å²) in [5, 5.41) is 0. The summed E-state index contributed by atoms with van der Waals surface area (Å²) in [7, 11) is 1.75. The van der Waals surface area contributed by atoms with Gasteiger partial charge in [-0.25, -0.2) is 0 Å². The largest absolute Gasteiger partial charge is 0.496 e. The van der Waals surface area contributed by atoms with Gasteiger partial charge in [0.05, 0.1) is 13.7 Å². The molecule has 0 aliphatic carbocycles. The summed E-state index contributed by atoms with van der Waals surface area (Å²) in [4.78, 5) is 5.08. The van der Waals surface area contributed by atoms with Gasteiger partial charge < -0.3 is 19.3 Å². The molecule has 0 amide bonds. The zero-order valence-corrected chi connectivity index (χ0v) is 15.2. The summed E-state index contributed by atoms with van der Waals surface area (Å²) < 4.78 is 11.3. The molecule has 1 unspecified atom stereocenters. The summed E-state index contributed by atoms with van der Waals surface area (Å²) in [5.74, 6) is 1.57. The quantitative estimate of drug-likeness (QED) is 0.835. The minimum absolute atomic E-state index is 0.597. The predicted molar refractivity (Wildman–Crippen MR) is 96.7 cm³/mol. The third-order valence-corrected chi connectivity index (χ3v) is 4.55. The van der Waals surface area contributed by atoms with Gasteiger partial charge in [0.25, 0.3) is 0 Å². The number of anilines is 1. The Labute approximate surface area is 141 Å². The van der Waals surface area contributed by atoms with Crippen molar-refractivity contribution in [3.8, 4) is 5.75 Å². The molecule has 2 aliphatic heterocycles. The molecular weight excluding hydrogens is 288 g/mol. The Morgan fingerprint density at radius 3 is 2.74 bits per heavy atom. The molecule has 1 aromatic rings. The second-order valence-corrected chi connectivity index (χ2v) is 6.20. The lowest BCUT2D eigenvalue weighted by Crippen LogP contribution is -2.35. The molecule has 23 heavy (non-hydrogen) atoms. The van der Waals surface area contributed by atoms with E-state index in [0.717, 1.165) is 45.0 Å². The predicted octanol–water partition coefficient (Wildman–Crippen LogP) is 3.19. The van der Waals surface area contributed by atoms with Crippen LogP contribution >= 0.6 is 0 Å². The van der Waals surface area contributed by atoms with Gasteiger partial charge in [-0.15, -0.1) is 0 Å². The molecule has 4 heteroatoms. The molecule has 0 saturated carbocycles. The standard InChI is InChI=1S/C17H26N2O2.C2H6/c1-14-4-5-16(10-17(14)20-2)19-8-7-18-6-3-9-21-13-15(11-18)12-19;1-2/h4-5,10,15H,3,6-9,11-13H2,1-2H3;1-2H3/t15-;/m0./s1. The molecular formula is C19H32N2O2. The maximum absolute atomic E-state index is 5.79. The first kappa shape index (κ1) is 18.1. The highest BCUT2D eigenvalue weighted by molar-refractivity contribution is 5.53. The lowest BCUT2D eigenvalue weighted by atomic mass is 10.1. The van der Waals surface area contributed by atoms with E-state index in [9.17, 15) is 0 Å². The maximum atomic E-state index is 5.79. The third-order valence-electron chi connectivity index (χ3n) is 4.55. The molecule has 1 aromatic carbocycles. The van der Waals surface area contributed by atoms with Gasteiger partial charge >= 0.3 is 0 Å². The van der Waals surface area contributed by atoms with Crippen LogP contribution in [0.4, 0.5) is 5.69 Å². The van der Waals surface area contributed by atoms with Gasteiger partial charge in [0.1, 0.15) is 5.75 Å². The van der Waals surface area contributed by atoms with Crippen LogP contribution in [-0.2, 0) is 4.74 Å². The van der Waals surface area contributed by atoms with Crippen LogP contribution in [-0.4, -0.2) is 57.9 Å². The molecule has 2 aliphatic rings. The van der Waals surface area contributed by atoms with E-state index in [4.69, 9.17) is 9.47 Å². The number of aryl methyl sites for hydroxylation is 1. The second-order valence-electron chi connectivity index (χ2n) is 6.20. The molecule has 2 atom stereocenters. The van der Waals surface area contributed by atoms with Gasteiger partial charge in [-0.3, -0.25) is 0 Å². The average Bonchev–Trinajstić information content (AvgIpc) is 2.79. The van der Waals surface area contributed by atoms with Gasteiger partial charge in [0.15, 0.2) is 0 Å². The number of nitrogens with zero attached hydrogens (tertiary/aromatic N) is 2. The zero-order valence-electron chi connectivity index (χ0n) is 15.2. The van der Waals surface area contributed by atoms with Crippen molar-refractivity contribution in [2.75, 3.05) is 57.9 Å². The van der Waals surface area contributed by atoms with Crippen molar-refractivity contribution in [2.24, 2.45) is 5.92 Å². The van der Waals surface area contributed by atoms with Crippen LogP contribution in [0.25, 0.3) is 0 Å². The number of hydrogen-bond donors (Lipinski definition) is 0. The van der Waals surface area contributed by atoms with Crippen LogP contribution in [0.3, 0.4) is 0 Å². The second kappa shape index (κ2) is 9.14. The fourth-order valence-corrected chi connectivity index (χ4v) is 3.37. The Kier molecular flexibility index (Phi) is 7.18. The van der Waals surface area contributed by atoms with E-state index in [-0.39, 0.29) is 0 Å². The Hall–Kier alpha value is -1.26. The molecule has 0 N–H and O–H groups in total.